The van der Waals surface area contributed by atoms with Crippen LogP contribution in [0.15, 0.2) is 17.3 Å². The van der Waals surface area contributed by atoms with Crippen LogP contribution in [0.3, 0.4) is 0 Å². The predicted octanol–water partition coefficient (Wildman–Crippen LogP) is 1.90. The van der Waals surface area contributed by atoms with Gasteiger partial charge in [-0.3, -0.25) is 4.99 Å². The van der Waals surface area contributed by atoms with E-state index in [1.54, 1.807) is 4.90 Å². The van der Waals surface area contributed by atoms with Gasteiger partial charge in [-0.2, -0.15) is 13.2 Å². The van der Waals surface area contributed by atoms with E-state index in [1.165, 1.54) is 19.0 Å². The van der Waals surface area contributed by atoms with Gasteiger partial charge in [0.25, 0.3) is 0 Å². The zero-order valence-electron chi connectivity index (χ0n) is 9.45. The molecule has 0 saturated heterocycles. The Morgan fingerprint density at radius 3 is 2.59 bits per heavy atom. The molecule has 1 aliphatic carbocycles. The van der Waals surface area contributed by atoms with Crippen LogP contribution in [0.4, 0.5) is 13.2 Å². The number of allylic oxidation sites excluding steroid dienone is 1. The number of aliphatic imine (C=N–C) groups is 1. The average molecular weight is 247 g/mol. The standard InChI is InChI=1S/C11H16F3N3/c12-11(13,14)10-3-4-17(7-16-10)9(6-15)5-8-1-2-8/h3-4,8-9H,1-2,5-7,15H2. The van der Waals surface area contributed by atoms with E-state index < -0.39 is 11.9 Å². The summed E-state index contributed by atoms with van der Waals surface area (Å²) in [6.45, 7) is 0.512. The van der Waals surface area contributed by atoms with Gasteiger partial charge in [-0.1, -0.05) is 12.8 Å². The molecule has 1 aliphatic heterocycles. The number of rotatable bonds is 4. The van der Waals surface area contributed by atoms with Gasteiger partial charge in [-0.15, -0.1) is 0 Å². The highest BCUT2D eigenvalue weighted by molar-refractivity contribution is 5.99. The molecule has 6 heteroatoms. The Labute approximate surface area is 98.2 Å². The van der Waals surface area contributed by atoms with Crippen molar-refractivity contribution in [2.45, 2.75) is 31.5 Å². The molecule has 17 heavy (non-hydrogen) atoms. The molecule has 1 atom stereocenters. The third-order valence-electron chi connectivity index (χ3n) is 3.16. The Morgan fingerprint density at radius 1 is 1.47 bits per heavy atom. The average Bonchev–Trinajstić information content (AvgIpc) is 3.09. The SMILES string of the molecule is NCC(CC1CC1)N1C=CC(C(F)(F)F)=NC1. The lowest BCUT2D eigenvalue weighted by molar-refractivity contribution is -0.0584. The van der Waals surface area contributed by atoms with Crippen molar-refractivity contribution in [1.29, 1.82) is 0 Å². The molecule has 2 rings (SSSR count). The molecule has 0 aromatic carbocycles. The molecule has 2 aliphatic rings. The van der Waals surface area contributed by atoms with Crippen molar-refractivity contribution in [3.63, 3.8) is 0 Å². The maximum absolute atomic E-state index is 12.3. The van der Waals surface area contributed by atoms with E-state index in [4.69, 9.17) is 5.73 Å². The van der Waals surface area contributed by atoms with Gasteiger partial charge in [0.1, 0.15) is 12.4 Å². The van der Waals surface area contributed by atoms with Gasteiger partial charge in [-0.25, -0.2) is 0 Å². The van der Waals surface area contributed by atoms with E-state index in [2.05, 4.69) is 4.99 Å². The lowest BCUT2D eigenvalue weighted by Gasteiger charge is -2.30. The first-order valence-electron chi connectivity index (χ1n) is 5.76. The minimum atomic E-state index is -4.35. The second-order valence-electron chi connectivity index (χ2n) is 4.58. The highest BCUT2D eigenvalue weighted by Crippen LogP contribution is 2.34. The first-order chi connectivity index (χ1) is 8.00. The Bertz CT molecular complexity index is 331. The predicted molar refractivity (Wildman–Crippen MR) is 59.5 cm³/mol. The van der Waals surface area contributed by atoms with Crippen molar-refractivity contribution in [2.24, 2.45) is 16.6 Å². The van der Waals surface area contributed by atoms with Gasteiger partial charge in [-0.05, 0) is 18.4 Å². The lowest BCUT2D eigenvalue weighted by Crippen LogP contribution is -2.40. The van der Waals surface area contributed by atoms with E-state index in [0.29, 0.717) is 12.5 Å². The van der Waals surface area contributed by atoms with Crippen molar-refractivity contribution >= 4 is 5.71 Å². The minimum Gasteiger partial charge on any atom is -0.354 e. The van der Waals surface area contributed by atoms with Crippen LogP contribution in [0, 0.1) is 5.92 Å². The van der Waals surface area contributed by atoms with Crippen LogP contribution in [0.5, 0.6) is 0 Å². The van der Waals surface area contributed by atoms with Gasteiger partial charge in [0.15, 0.2) is 0 Å². The topological polar surface area (TPSA) is 41.6 Å². The minimum absolute atomic E-state index is 0.0555. The maximum atomic E-state index is 12.3. The molecule has 0 amide bonds. The zero-order valence-corrected chi connectivity index (χ0v) is 9.45. The van der Waals surface area contributed by atoms with Gasteiger partial charge < -0.3 is 10.6 Å². The Hall–Kier alpha value is -1.04. The van der Waals surface area contributed by atoms with Crippen LogP contribution in [-0.4, -0.2) is 36.0 Å². The van der Waals surface area contributed by atoms with Crippen molar-refractivity contribution in [3.8, 4) is 0 Å². The lowest BCUT2D eigenvalue weighted by atomic mass is 10.1. The van der Waals surface area contributed by atoms with Crippen LogP contribution in [0.1, 0.15) is 19.3 Å². The second kappa shape index (κ2) is 4.68. The zero-order chi connectivity index (χ0) is 12.5. The molecule has 1 unspecified atom stereocenters. The Morgan fingerprint density at radius 2 is 2.18 bits per heavy atom. The van der Waals surface area contributed by atoms with Crippen molar-refractivity contribution in [1.82, 2.24) is 4.90 Å². The van der Waals surface area contributed by atoms with Crippen LogP contribution >= 0.6 is 0 Å². The van der Waals surface area contributed by atoms with Crippen molar-refractivity contribution in [3.05, 3.63) is 12.3 Å². The number of nitrogens with two attached hydrogens (primary N) is 1. The molecular formula is C11H16F3N3. The second-order valence-corrected chi connectivity index (χ2v) is 4.58. The maximum Gasteiger partial charge on any atom is 0.433 e. The van der Waals surface area contributed by atoms with Gasteiger partial charge in [0.2, 0.25) is 0 Å². The fourth-order valence-corrected chi connectivity index (χ4v) is 1.95. The number of hydrogen-bond acceptors (Lipinski definition) is 3. The summed E-state index contributed by atoms with van der Waals surface area (Å²) < 4.78 is 37.0. The molecule has 0 bridgehead atoms. The normalized spacial score (nSPS) is 22.6. The van der Waals surface area contributed by atoms with Crippen LogP contribution < -0.4 is 5.73 Å². The van der Waals surface area contributed by atoms with Crippen LogP contribution in [-0.2, 0) is 0 Å². The molecule has 1 saturated carbocycles. The van der Waals surface area contributed by atoms with E-state index in [1.807, 2.05) is 0 Å². The van der Waals surface area contributed by atoms with Crippen LogP contribution in [0.25, 0.3) is 0 Å². The molecule has 3 nitrogen and oxygen atoms in total. The molecule has 0 spiro atoms. The van der Waals surface area contributed by atoms with E-state index in [0.717, 1.165) is 12.5 Å². The summed E-state index contributed by atoms with van der Waals surface area (Å²) in [5.41, 5.74) is 4.84. The third-order valence-corrected chi connectivity index (χ3v) is 3.16. The number of nitrogens with zero attached hydrogens (tertiary/aromatic N) is 2. The highest BCUT2D eigenvalue weighted by Gasteiger charge is 2.35. The first-order valence-corrected chi connectivity index (χ1v) is 5.76. The van der Waals surface area contributed by atoms with Crippen LogP contribution in [0.2, 0.25) is 0 Å². The quantitative estimate of drug-likeness (QED) is 0.824. The molecule has 1 heterocycles. The number of alkyl halides is 3. The summed E-state index contributed by atoms with van der Waals surface area (Å²) in [6.07, 6.45) is 1.53. The fraction of sp³-hybridized carbons (Fsp3) is 0.727. The van der Waals surface area contributed by atoms with E-state index >= 15 is 0 Å². The summed E-state index contributed by atoms with van der Waals surface area (Å²) in [7, 11) is 0. The monoisotopic (exact) mass is 247 g/mol. The summed E-state index contributed by atoms with van der Waals surface area (Å²) >= 11 is 0. The number of hydrogen-bond donors (Lipinski definition) is 1. The Kier molecular flexibility index (Phi) is 3.42. The Balaban J connectivity index is 1.93. The molecule has 1 fully saturated rings. The molecule has 0 aromatic heterocycles. The molecule has 2 N–H and O–H groups in total. The van der Waals surface area contributed by atoms with E-state index in [-0.39, 0.29) is 12.7 Å². The fourth-order valence-electron chi connectivity index (χ4n) is 1.95. The van der Waals surface area contributed by atoms with Gasteiger partial charge in [0, 0.05) is 18.8 Å². The smallest absolute Gasteiger partial charge is 0.354 e. The highest BCUT2D eigenvalue weighted by atomic mass is 19.4. The van der Waals surface area contributed by atoms with Gasteiger partial charge in [0.05, 0.1) is 0 Å². The number of halogens is 3. The molecular weight excluding hydrogens is 231 g/mol. The summed E-state index contributed by atoms with van der Waals surface area (Å²) in [5, 5.41) is 0. The van der Waals surface area contributed by atoms with E-state index in [9.17, 15) is 13.2 Å². The molecule has 0 radical (unpaired) electrons. The molecule has 96 valence electrons. The summed E-state index contributed by atoms with van der Waals surface area (Å²) in [4.78, 5) is 5.35. The van der Waals surface area contributed by atoms with Crippen molar-refractivity contribution < 1.29 is 13.2 Å². The molecule has 0 aromatic rings. The summed E-state index contributed by atoms with van der Waals surface area (Å²) in [6, 6.07) is 0.109. The van der Waals surface area contributed by atoms with Crippen molar-refractivity contribution in [2.75, 3.05) is 13.2 Å². The van der Waals surface area contributed by atoms with Gasteiger partial charge >= 0.3 is 6.18 Å². The largest absolute Gasteiger partial charge is 0.433 e. The summed E-state index contributed by atoms with van der Waals surface area (Å²) in [5.74, 6) is 0.699. The first kappa shape index (κ1) is 12.4. The third kappa shape index (κ3) is 3.21.